The summed E-state index contributed by atoms with van der Waals surface area (Å²) >= 11 is 0. The van der Waals surface area contributed by atoms with E-state index in [0.717, 1.165) is 12.8 Å². The van der Waals surface area contributed by atoms with Crippen molar-refractivity contribution in [2.24, 2.45) is 0 Å². The highest BCUT2D eigenvalue weighted by atomic mass is 16.5. The van der Waals surface area contributed by atoms with Crippen molar-refractivity contribution in [1.29, 1.82) is 0 Å². The van der Waals surface area contributed by atoms with Crippen LogP contribution in [0.3, 0.4) is 0 Å². The van der Waals surface area contributed by atoms with Crippen molar-refractivity contribution in [3.05, 3.63) is 29.6 Å². The predicted molar refractivity (Wildman–Crippen MR) is 78.7 cm³/mol. The van der Waals surface area contributed by atoms with Crippen molar-refractivity contribution in [3.8, 4) is 11.8 Å². The Morgan fingerprint density at radius 2 is 2.43 bits per heavy atom. The third-order valence-corrected chi connectivity index (χ3v) is 3.29. The SMILES string of the molecule is CC1CC(NC(=O)c2cncc(C#CCCO)c2)CCO1. The predicted octanol–water partition coefficient (Wildman–Crippen LogP) is 1.11. The van der Waals surface area contributed by atoms with Gasteiger partial charge in [0.25, 0.3) is 5.91 Å². The number of hydrogen-bond acceptors (Lipinski definition) is 4. The van der Waals surface area contributed by atoms with E-state index in [4.69, 9.17) is 9.84 Å². The lowest BCUT2D eigenvalue weighted by atomic mass is 10.0. The summed E-state index contributed by atoms with van der Waals surface area (Å²) in [6.07, 6.45) is 5.40. The second kappa shape index (κ2) is 7.77. The van der Waals surface area contributed by atoms with Gasteiger partial charge in [-0.1, -0.05) is 11.8 Å². The lowest BCUT2D eigenvalue weighted by Gasteiger charge is -2.27. The molecule has 1 aromatic heterocycles. The first kappa shape index (κ1) is 15.5. The van der Waals surface area contributed by atoms with E-state index in [1.54, 1.807) is 12.3 Å². The second-order valence-corrected chi connectivity index (χ2v) is 5.11. The van der Waals surface area contributed by atoms with E-state index in [-0.39, 0.29) is 24.7 Å². The maximum absolute atomic E-state index is 12.2. The molecule has 5 heteroatoms. The molecule has 1 fully saturated rings. The summed E-state index contributed by atoms with van der Waals surface area (Å²) in [5.74, 6) is 5.56. The molecule has 0 radical (unpaired) electrons. The van der Waals surface area contributed by atoms with Crippen LogP contribution < -0.4 is 5.32 Å². The molecule has 2 heterocycles. The number of carbonyl (C=O) groups is 1. The quantitative estimate of drug-likeness (QED) is 0.817. The number of pyridine rings is 1. The minimum atomic E-state index is -0.132. The highest BCUT2D eigenvalue weighted by molar-refractivity contribution is 5.94. The number of nitrogens with one attached hydrogen (secondary N) is 1. The number of nitrogens with zero attached hydrogens (tertiary/aromatic N) is 1. The van der Waals surface area contributed by atoms with Crippen LogP contribution in [0.15, 0.2) is 18.5 Å². The molecular weight excluding hydrogens is 268 g/mol. The molecule has 2 rings (SSSR count). The van der Waals surface area contributed by atoms with E-state index < -0.39 is 0 Å². The molecule has 1 saturated heterocycles. The normalized spacial score (nSPS) is 21.2. The van der Waals surface area contributed by atoms with Crippen LogP contribution in [0.25, 0.3) is 0 Å². The fourth-order valence-electron chi connectivity index (χ4n) is 2.25. The molecular formula is C16H20N2O3. The molecule has 0 bridgehead atoms. The van der Waals surface area contributed by atoms with Gasteiger partial charge in [-0.3, -0.25) is 9.78 Å². The summed E-state index contributed by atoms with van der Waals surface area (Å²) in [6, 6.07) is 1.86. The molecule has 0 saturated carbocycles. The topological polar surface area (TPSA) is 71.5 Å². The zero-order valence-corrected chi connectivity index (χ0v) is 12.1. The monoisotopic (exact) mass is 288 g/mol. The maximum Gasteiger partial charge on any atom is 0.253 e. The molecule has 1 aromatic rings. The van der Waals surface area contributed by atoms with Crippen LogP contribution in [0.1, 0.15) is 42.1 Å². The van der Waals surface area contributed by atoms with Gasteiger partial charge in [-0.05, 0) is 25.8 Å². The van der Waals surface area contributed by atoms with Gasteiger partial charge in [0.05, 0.1) is 18.3 Å². The third-order valence-electron chi connectivity index (χ3n) is 3.29. The van der Waals surface area contributed by atoms with Crippen molar-refractivity contribution >= 4 is 5.91 Å². The fraction of sp³-hybridized carbons (Fsp3) is 0.500. The second-order valence-electron chi connectivity index (χ2n) is 5.11. The zero-order valence-electron chi connectivity index (χ0n) is 12.1. The van der Waals surface area contributed by atoms with Crippen molar-refractivity contribution in [3.63, 3.8) is 0 Å². The van der Waals surface area contributed by atoms with Gasteiger partial charge >= 0.3 is 0 Å². The average Bonchev–Trinajstić information content (AvgIpc) is 2.48. The lowest BCUT2D eigenvalue weighted by molar-refractivity contribution is 0.0136. The van der Waals surface area contributed by atoms with E-state index in [0.29, 0.717) is 24.2 Å². The maximum atomic E-state index is 12.2. The Balaban J connectivity index is 1.99. The van der Waals surface area contributed by atoms with Gasteiger partial charge in [0.15, 0.2) is 0 Å². The van der Waals surface area contributed by atoms with Gasteiger partial charge in [0, 0.05) is 37.0 Å². The average molecular weight is 288 g/mol. The molecule has 1 aliphatic heterocycles. The summed E-state index contributed by atoms with van der Waals surface area (Å²) in [7, 11) is 0. The van der Waals surface area contributed by atoms with Crippen molar-refractivity contribution in [1.82, 2.24) is 10.3 Å². The smallest absolute Gasteiger partial charge is 0.253 e. The Bertz CT molecular complexity index is 548. The van der Waals surface area contributed by atoms with Crippen LogP contribution in [-0.2, 0) is 4.74 Å². The summed E-state index contributed by atoms with van der Waals surface area (Å²) in [5.41, 5.74) is 1.18. The number of aromatic nitrogens is 1. The van der Waals surface area contributed by atoms with Crippen LogP contribution >= 0.6 is 0 Å². The molecule has 5 nitrogen and oxygen atoms in total. The Hall–Kier alpha value is -1.90. The lowest BCUT2D eigenvalue weighted by Crippen LogP contribution is -2.41. The van der Waals surface area contributed by atoms with Crippen LogP contribution in [-0.4, -0.2) is 41.4 Å². The Morgan fingerprint density at radius 1 is 1.57 bits per heavy atom. The molecule has 1 amide bonds. The van der Waals surface area contributed by atoms with Crippen molar-refractivity contribution in [2.45, 2.75) is 38.3 Å². The van der Waals surface area contributed by atoms with E-state index in [2.05, 4.69) is 22.1 Å². The highest BCUT2D eigenvalue weighted by Gasteiger charge is 2.21. The Morgan fingerprint density at radius 3 is 3.19 bits per heavy atom. The summed E-state index contributed by atoms with van der Waals surface area (Å²) in [4.78, 5) is 16.3. The van der Waals surface area contributed by atoms with Crippen molar-refractivity contribution < 1.29 is 14.6 Å². The van der Waals surface area contributed by atoms with E-state index in [1.807, 2.05) is 6.92 Å². The number of aliphatic hydroxyl groups excluding tert-OH is 1. The summed E-state index contributed by atoms with van der Waals surface area (Å²) in [5, 5.41) is 11.7. The minimum absolute atomic E-state index is 0.0303. The highest BCUT2D eigenvalue weighted by Crippen LogP contribution is 2.14. The summed E-state index contributed by atoms with van der Waals surface area (Å²) in [6.45, 7) is 2.72. The number of ether oxygens (including phenoxy) is 1. The molecule has 2 N–H and O–H groups in total. The number of hydrogen-bond donors (Lipinski definition) is 2. The molecule has 0 aliphatic carbocycles. The molecule has 2 unspecified atom stereocenters. The van der Waals surface area contributed by atoms with Gasteiger partial charge in [-0.15, -0.1) is 0 Å². The zero-order chi connectivity index (χ0) is 15.1. The number of aliphatic hydroxyl groups is 1. The first-order chi connectivity index (χ1) is 10.2. The van der Waals surface area contributed by atoms with Crippen LogP contribution in [0.5, 0.6) is 0 Å². The number of rotatable bonds is 3. The van der Waals surface area contributed by atoms with Gasteiger partial charge < -0.3 is 15.2 Å². The van der Waals surface area contributed by atoms with Crippen LogP contribution in [0, 0.1) is 11.8 Å². The molecule has 112 valence electrons. The Labute approximate surface area is 124 Å². The third kappa shape index (κ3) is 4.85. The van der Waals surface area contributed by atoms with E-state index in [1.165, 1.54) is 6.20 Å². The molecule has 0 aromatic carbocycles. The van der Waals surface area contributed by atoms with Crippen LogP contribution in [0.4, 0.5) is 0 Å². The van der Waals surface area contributed by atoms with Gasteiger partial charge in [0.1, 0.15) is 0 Å². The fourth-order valence-corrected chi connectivity index (χ4v) is 2.25. The summed E-state index contributed by atoms with van der Waals surface area (Å²) < 4.78 is 5.47. The van der Waals surface area contributed by atoms with Gasteiger partial charge in [-0.25, -0.2) is 0 Å². The van der Waals surface area contributed by atoms with Gasteiger partial charge in [-0.2, -0.15) is 0 Å². The molecule has 2 atom stereocenters. The van der Waals surface area contributed by atoms with E-state index in [9.17, 15) is 4.79 Å². The molecule has 1 aliphatic rings. The van der Waals surface area contributed by atoms with Crippen LogP contribution in [0.2, 0.25) is 0 Å². The number of amides is 1. The largest absolute Gasteiger partial charge is 0.395 e. The molecule has 0 spiro atoms. The first-order valence-electron chi connectivity index (χ1n) is 7.16. The standard InChI is InChI=1S/C16H20N2O3/c1-12-8-15(5-7-21-12)18-16(20)14-9-13(10-17-11-14)4-2-3-6-19/h9-12,15,19H,3,5-8H2,1H3,(H,18,20). The minimum Gasteiger partial charge on any atom is -0.395 e. The van der Waals surface area contributed by atoms with E-state index >= 15 is 0 Å². The first-order valence-corrected chi connectivity index (χ1v) is 7.16. The number of carbonyl (C=O) groups excluding carboxylic acids is 1. The Kier molecular flexibility index (Phi) is 5.73. The molecule has 21 heavy (non-hydrogen) atoms. The van der Waals surface area contributed by atoms with Gasteiger partial charge in [0.2, 0.25) is 0 Å². The van der Waals surface area contributed by atoms with Crippen molar-refractivity contribution in [2.75, 3.05) is 13.2 Å².